The van der Waals surface area contributed by atoms with Gasteiger partial charge in [-0.3, -0.25) is 0 Å². The molecule has 1 aliphatic rings. The van der Waals surface area contributed by atoms with Crippen molar-refractivity contribution in [2.75, 3.05) is 0 Å². The predicted molar refractivity (Wildman–Crippen MR) is 238 cm³/mol. The van der Waals surface area contributed by atoms with Gasteiger partial charge in [0.05, 0.1) is 0 Å². The topological polar surface area (TPSA) is 38.7 Å². The van der Waals surface area contributed by atoms with Crippen LogP contribution in [-0.4, -0.2) is 15.0 Å². The third-order valence-corrected chi connectivity index (χ3v) is 11.0. The summed E-state index contributed by atoms with van der Waals surface area (Å²) in [6, 6.07) is 64.9. The SMILES string of the molecule is C1=CCC(Cc2ccc(-c3nc(-c4ccc(-c5ccccc5)cc4)nc(-c4cc(-c5ccc6ccccc6c5)cc(-c5ccc6ccccc6c5)c4)n3)cc2)C=C1. The van der Waals surface area contributed by atoms with E-state index in [0.29, 0.717) is 23.4 Å². The van der Waals surface area contributed by atoms with Gasteiger partial charge in [-0.2, -0.15) is 0 Å². The van der Waals surface area contributed by atoms with Crippen molar-refractivity contribution >= 4 is 21.5 Å². The van der Waals surface area contributed by atoms with Gasteiger partial charge in [-0.15, -0.1) is 0 Å². The Morgan fingerprint density at radius 3 is 1.37 bits per heavy atom. The lowest BCUT2D eigenvalue weighted by Gasteiger charge is -2.14. The minimum Gasteiger partial charge on any atom is -0.208 e. The second-order valence-corrected chi connectivity index (χ2v) is 14.9. The molecule has 270 valence electrons. The van der Waals surface area contributed by atoms with Crippen LogP contribution in [-0.2, 0) is 6.42 Å². The number of hydrogen-bond acceptors (Lipinski definition) is 3. The number of rotatable bonds is 8. The highest BCUT2D eigenvalue weighted by Crippen LogP contribution is 2.36. The predicted octanol–water partition coefficient (Wildman–Crippen LogP) is 13.9. The molecule has 1 aliphatic carbocycles. The summed E-state index contributed by atoms with van der Waals surface area (Å²) in [7, 11) is 0. The number of fused-ring (bicyclic) bond motifs is 2. The van der Waals surface area contributed by atoms with E-state index in [4.69, 9.17) is 15.0 Å². The molecule has 9 aromatic rings. The van der Waals surface area contributed by atoms with Crippen LogP contribution in [0.2, 0.25) is 0 Å². The number of allylic oxidation sites excluding steroid dienone is 4. The van der Waals surface area contributed by atoms with Crippen LogP contribution in [0.15, 0.2) is 206 Å². The molecule has 0 amide bonds. The first-order valence-electron chi connectivity index (χ1n) is 19.7. The van der Waals surface area contributed by atoms with Gasteiger partial charge < -0.3 is 0 Å². The molecule has 0 fully saturated rings. The Balaban J connectivity index is 1.12. The standard InChI is InChI=1S/C54H39N3/c1-3-11-37(12-4-1)31-38-19-21-43(22-20-38)52-55-53(44-27-23-42(24-28-44)39-13-5-2-6-14-39)57-54(56-52)51-35-49(47-29-25-40-15-7-9-17-45(40)32-47)34-50(36-51)48-30-26-41-16-8-10-18-46(41)33-48/h1-11,13-30,32-37H,12,31H2. The molecule has 1 atom stereocenters. The second-order valence-electron chi connectivity index (χ2n) is 14.9. The van der Waals surface area contributed by atoms with Crippen molar-refractivity contribution in [3.63, 3.8) is 0 Å². The van der Waals surface area contributed by atoms with E-state index in [1.807, 2.05) is 6.07 Å². The Morgan fingerprint density at radius 1 is 0.351 bits per heavy atom. The van der Waals surface area contributed by atoms with Crippen LogP contribution in [0.5, 0.6) is 0 Å². The molecular formula is C54H39N3. The van der Waals surface area contributed by atoms with Gasteiger partial charge in [-0.05, 0) is 110 Å². The van der Waals surface area contributed by atoms with Crippen LogP contribution < -0.4 is 0 Å². The molecule has 0 N–H and O–H groups in total. The van der Waals surface area contributed by atoms with Crippen molar-refractivity contribution in [1.82, 2.24) is 15.0 Å². The maximum absolute atomic E-state index is 5.24. The Hall–Kier alpha value is -7.23. The van der Waals surface area contributed by atoms with Crippen LogP contribution in [0, 0.1) is 5.92 Å². The number of nitrogens with zero attached hydrogens (tertiary/aromatic N) is 3. The average Bonchev–Trinajstić information content (AvgIpc) is 3.29. The largest absolute Gasteiger partial charge is 0.208 e. The normalized spacial score (nSPS) is 13.6. The van der Waals surface area contributed by atoms with E-state index < -0.39 is 0 Å². The highest BCUT2D eigenvalue weighted by Gasteiger charge is 2.16. The minimum atomic E-state index is 0.516. The molecule has 1 aromatic heterocycles. The average molecular weight is 730 g/mol. The molecule has 0 saturated heterocycles. The maximum Gasteiger partial charge on any atom is 0.164 e. The highest BCUT2D eigenvalue weighted by molar-refractivity contribution is 5.91. The molecule has 10 rings (SSSR count). The van der Waals surface area contributed by atoms with Crippen molar-refractivity contribution in [3.05, 3.63) is 212 Å². The van der Waals surface area contributed by atoms with Crippen LogP contribution in [0.3, 0.4) is 0 Å². The van der Waals surface area contributed by atoms with Gasteiger partial charge >= 0.3 is 0 Å². The first kappa shape index (κ1) is 34.3. The van der Waals surface area contributed by atoms with Crippen LogP contribution in [0.4, 0.5) is 0 Å². The first-order valence-corrected chi connectivity index (χ1v) is 19.7. The van der Waals surface area contributed by atoms with Gasteiger partial charge in [0, 0.05) is 16.7 Å². The molecule has 0 spiro atoms. The van der Waals surface area contributed by atoms with E-state index in [9.17, 15) is 0 Å². The van der Waals surface area contributed by atoms with E-state index in [1.165, 1.54) is 32.7 Å². The Kier molecular flexibility index (Phi) is 9.10. The van der Waals surface area contributed by atoms with Crippen LogP contribution in [0.1, 0.15) is 12.0 Å². The van der Waals surface area contributed by atoms with Gasteiger partial charge in [0.2, 0.25) is 0 Å². The summed E-state index contributed by atoms with van der Waals surface area (Å²) in [5.41, 5.74) is 11.0. The lowest BCUT2D eigenvalue weighted by atomic mass is 9.93. The zero-order valence-corrected chi connectivity index (χ0v) is 31.5. The Bertz CT molecular complexity index is 2850. The number of aromatic nitrogens is 3. The molecule has 0 radical (unpaired) electrons. The van der Waals surface area contributed by atoms with E-state index in [1.54, 1.807) is 0 Å². The lowest BCUT2D eigenvalue weighted by molar-refractivity contribution is 0.653. The molecule has 0 saturated carbocycles. The third-order valence-electron chi connectivity index (χ3n) is 11.0. The summed E-state index contributed by atoms with van der Waals surface area (Å²) in [6.45, 7) is 0. The summed E-state index contributed by atoms with van der Waals surface area (Å²) >= 11 is 0. The molecule has 1 heterocycles. The van der Waals surface area contributed by atoms with E-state index in [-0.39, 0.29) is 0 Å². The molecular weight excluding hydrogens is 691 g/mol. The lowest BCUT2D eigenvalue weighted by Crippen LogP contribution is -2.03. The zero-order chi connectivity index (χ0) is 38.0. The smallest absolute Gasteiger partial charge is 0.164 e. The summed E-state index contributed by atoms with van der Waals surface area (Å²) < 4.78 is 0. The van der Waals surface area contributed by atoms with Gasteiger partial charge in [-0.1, -0.05) is 176 Å². The highest BCUT2D eigenvalue weighted by atomic mass is 15.0. The van der Waals surface area contributed by atoms with Crippen LogP contribution in [0.25, 0.3) is 89.1 Å². The van der Waals surface area contributed by atoms with E-state index in [2.05, 4.69) is 200 Å². The van der Waals surface area contributed by atoms with Gasteiger partial charge in [0.15, 0.2) is 17.5 Å². The number of hydrogen-bond donors (Lipinski definition) is 0. The van der Waals surface area contributed by atoms with E-state index in [0.717, 1.165) is 57.3 Å². The third kappa shape index (κ3) is 7.31. The monoisotopic (exact) mass is 729 g/mol. The first-order chi connectivity index (χ1) is 28.2. The summed E-state index contributed by atoms with van der Waals surface area (Å²) in [4.78, 5) is 15.6. The number of benzene rings is 8. The molecule has 57 heavy (non-hydrogen) atoms. The van der Waals surface area contributed by atoms with Gasteiger partial charge in [0.25, 0.3) is 0 Å². The quantitative estimate of drug-likeness (QED) is 0.156. The van der Waals surface area contributed by atoms with E-state index >= 15 is 0 Å². The molecule has 1 unspecified atom stereocenters. The molecule has 8 aromatic carbocycles. The van der Waals surface area contributed by atoms with Gasteiger partial charge in [-0.25, -0.2) is 15.0 Å². The summed E-state index contributed by atoms with van der Waals surface area (Å²) in [6.07, 6.45) is 10.9. The molecule has 0 bridgehead atoms. The van der Waals surface area contributed by atoms with Gasteiger partial charge in [0.1, 0.15) is 0 Å². The molecule has 3 heteroatoms. The van der Waals surface area contributed by atoms with Crippen molar-refractivity contribution in [3.8, 4) is 67.5 Å². The van der Waals surface area contributed by atoms with Crippen molar-refractivity contribution < 1.29 is 0 Å². The van der Waals surface area contributed by atoms with Crippen molar-refractivity contribution in [1.29, 1.82) is 0 Å². The fourth-order valence-electron chi connectivity index (χ4n) is 7.91. The Labute approximate surface area is 333 Å². The maximum atomic E-state index is 5.24. The van der Waals surface area contributed by atoms with Crippen LogP contribution >= 0.6 is 0 Å². The molecule has 0 aliphatic heterocycles. The Morgan fingerprint density at radius 2 is 0.807 bits per heavy atom. The second kappa shape index (κ2) is 15.1. The van der Waals surface area contributed by atoms with Crippen molar-refractivity contribution in [2.24, 2.45) is 5.92 Å². The summed E-state index contributed by atoms with van der Waals surface area (Å²) in [5, 5.41) is 4.84. The zero-order valence-electron chi connectivity index (χ0n) is 31.5. The fourth-order valence-corrected chi connectivity index (χ4v) is 7.91. The minimum absolute atomic E-state index is 0.516. The molecule has 3 nitrogen and oxygen atoms in total. The fraction of sp³-hybridized carbons (Fsp3) is 0.0556. The summed E-state index contributed by atoms with van der Waals surface area (Å²) in [5.74, 6) is 2.44. The van der Waals surface area contributed by atoms with Crippen molar-refractivity contribution in [2.45, 2.75) is 12.8 Å².